The van der Waals surface area contributed by atoms with E-state index in [9.17, 15) is 19.5 Å². The summed E-state index contributed by atoms with van der Waals surface area (Å²) in [4.78, 5) is 35.7. The third-order valence-corrected chi connectivity index (χ3v) is 2.65. The summed E-state index contributed by atoms with van der Waals surface area (Å²) < 4.78 is 5.95. The van der Waals surface area contributed by atoms with Crippen molar-refractivity contribution in [1.29, 1.82) is 0 Å². The van der Waals surface area contributed by atoms with Gasteiger partial charge in [-0.05, 0) is 22.9 Å². The molecule has 0 saturated heterocycles. The van der Waals surface area contributed by atoms with Crippen LogP contribution in [0, 0.1) is 0 Å². The van der Waals surface area contributed by atoms with Crippen molar-refractivity contribution in [3.8, 4) is 0 Å². The maximum Gasteiger partial charge on any atom is 0.328 e. The number of aliphatic hydroxyl groups excluding tert-OH is 1. The molecular formula is C10H13BrN2O5. The molecule has 0 fully saturated rings. The topological polar surface area (TPSA) is 101 Å². The minimum Gasteiger partial charge on any atom is -0.466 e. The van der Waals surface area contributed by atoms with Crippen molar-refractivity contribution in [2.45, 2.75) is 26.0 Å². The van der Waals surface area contributed by atoms with Crippen molar-refractivity contribution in [3.05, 3.63) is 31.5 Å². The summed E-state index contributed by atoms with van der Waals surface area (Å²) in [6.07, 6.45) is -0.00779. The monoisotopic (exact) mass is 320 g/mol. The first-order valence-corrected chi connectivity index (χ1v) is 6.06. The van der Waals surface area contributed by atoms with E-state index in [-0.39, 0.29) is 24.0 Å². The van der Waals surface area contributed by atoms with E-state index >= 15 is 0 Å². The molecule has 0 aliphatic carbocycles. The fourth-order valence-electron chi connectivity index (χ4n) is 1.32. The Morgan fingerprint density at radius 1 is 1.61 bits per heavy atom. The summed E-state index contributed by atoms with van der Waals surface area (Å²) in [7, 11) is 0. The van der Waals surface area contributed by atoms with E-state index in [0.29, 0.717) is 0 Å². The molecule has 0 saturated carbocycles. The Morgan fingerprint density at radius 2 is 2.28 bits per heavy atom. The van der Waals surface area contributed by atoms with Gasteiger partial charge < -0.3 is 9.84 Å². The predicted octanol–water partition coefficient (Wildman–Crippen LogP) is -0.387. The van der Waals surface area contributed by atoms with E-state index in [4.69, 9.17) is 0 Å². The zero-order valence-corrected chi connectivity index (χ0v) is 11.3. The van der Waals surface area contributed by atoms with Crippen LogP contribution in [0.4, 0.5) is 0 Å². The quantitative estimate of drug-likeness (QED) is 0.720. The lowest BCUT2D eigenvalue weighted by molar-refractivity contribution is -0.145. The van der Waals surface area contributed by atoms with Crippen molar-refractivity contribution in [3.63, 3.8) is 0 Å². The lowest BCUT2D eigenvalue weighted by atomic mass is 10.2. The molecular weight excluding hydrogens is 308 g/mol. The fraction of sp³-hybridized carbons (Fsp3) is 0.500. The number of aliphatic hydroxyl groups is 1. The molecule has 0 spiro atoms. The van der Waals surface area contributed by atoms with Crippen LogP contribution < -0.4 is 11.2 Å². The molecule has 0 amide bonds. The number of carbonyl (C=O) groups is 1. The molecule has 0 radical (unpaired) electrons. The second-order valence-electron chi connectivity index (χ2n) is 3.55. The summed E-state index contributed by atoms with van der Waals surface area (Å²) in [5.41, 5.74) is -1.19. The molecule has 1 aromatic rings. The number of nitrogens with zero attached hydrogens (tertiary/aromatic N) is 1. The number of hydrogen-bond acceptors (Lipinski definition) is 5. The maximum absolute atomic E-state index is 11.4. The number of ether oxygens (including phenoxy) is 1. The zero-order valence-electron chi connectivity index (χ0n) is 9.68. The van der Waals surface area contributed by atoms with E-state index in [1.54, 1.807) is 6.92 Å². The first kappa shape index (κ1) is 14.7. The Hall–Kier alpha value is -1.41. The highest BCUT2D eigenvalue weighted by Crippen LogP contribution is 2.01. The number of rotatable bonds is 5. The molecule has 1 atom stereocenters. The first-order valence-electron chi connectivity index (χ1n) is 5.27. The van der Waals surface area contributed by atoms with E-state index < -0.39 is 23.3 Å². The second-order valence-corrected chi connectivity index (χ2v) is 4.41. The predicted molar refractivity (Wildman–Crippen MR) is 66.3 cm³/mol. The maximum atomic E-state index is 11.4. The molecule has 0 aliphatic rings. The van der Waals surface area contributed by atoms with Crippen molar-refractivity contribution >= 4 is 21.9 Å². The number of halogens is 1. The fourth-order valence-corrected chi connectivity index (χ4v) is 1.67. The summed E-state index contributed by atoms with van der Waals surface area (Å²) in [5.74, 6) is -0.540. The average Bonchev–Trinajstić information content (AvgIpc) is 2.26. The molecule has 1 rings (SSSR count). The van der Waals surface area contributed by atoms with Crippen LogP contribution in [0.2, 0.25) is 0 Å². The largest absolute Gasteiger partial charge is 0.466 e. The summed E-state index contributed by atoms with van der Waals surface area (Å²) in [6.45, 7) is 1.79. The van der Waals surface area contributed by atoms with Gasteiger partial charge >= 0.3 is 11.7 Å². The second kappa shape index (κ2) is 6.50. The standard InChI is InChI=1S/C10H13BrN2O5/c1-2-18-8(15)3-6(14)4-13-5-7(11)9(16)12-10(13)17/h5-6,14H,2-4H2,1H3,(H,12,16,17). The number of esters is 1. The Labute approximate surface area is 111 Å². The van der Waals surface area contributed by atoms with Gasteiger partial charge in [0.15, 0.2) is 0 Å². The van der Waals surface area contributed by atoms with Crippen LogP contribution in [0.5, 0.6) is 0 Å². The number of nitrogens with one attached hydrogen (secondary N) is 1. The lowest BCUT2D eigenvalue weighted by Crippen LogP contribution is -2.33. The van der Waals surface area contributed by atoms with Gasteiger partial charge in [0.05, 0.1) is 30.1 Å². The van der Waals surface area contributed by atoms with Gasteiger partial charge in [0.2, 0.25) is 0 Å². The minimum atomic E-state index is -1.06. The molecule has 0 aliphatic heterocycles. The molecule has 18 heavy (non-hydrogen) atoms. The summed E-state index contributed by atoms with van der Waals surface area (Å²) >= 11 is 2.97. The van der Waals surface area contributed by atoms with Crippen molar-refractivity contribution in [2.75, 3.05) is 6.61 Å². The molecule has 1 heterocycles. The highest BCUT2D eigenvalue weighted by molar-refractivity contribution is 9.10. The van der Waals surface area contributed by atoms with Crippen LogP contribution in [0.25, 0.3) is 0 Å². The van der Waals surface area contributed by atoms with Gasteiger partial charge in [0.25, 0.3) is 5.56 Å². The molecule has 7 nitrogen and oxygen atoms in total. The van der Waals surface area contributed by atoms with Gasteiger partial charge in [-0.3, -0.25) is 19.1 Å². The summed E-state index contributed by atoms with van der Waals surface area (Å²) in [6, 6.07) is 0. The Kier molecular flexibility index (Phi) is 5.29. The molecule has 100 valence electrons. The van der Waals surface area contributed by atoms with Crippen LogP contribution in [-0.2, 0) is 16.1 Å². The highest BCUT2D eigenvalue weighted by atomic mass is 79.9. The smallest absolute Gasteiger partial charge is 0.328 e. The van der Waals surface area contributed by atoms with Gasteiger partial charge in [0.1, 0.15) is 0 Å². The van der Waals surface area contributed by atoms with E-state index in [1.807, 2.05) is 0 Å². The number of aromatic amines is 1. The van der Waals surface area contributed by atoms with Gasteiger partial charge in [-0.2, -0.15) is 0 Å². The normalized spacial score (nSPS) is 12.2. The SMILES string of the molecule is CCOC(=O)CC(O)Cn1cc(Br)c(=O)[nH]c1=O. The van der Waals surface area contributed by atoms with Crippen molar-refractivity contribution < 1.29 is 14.6 Å². The van der Waals surface area contributed by atoms with Crippen molar-refractivity contribution in [1.82, 2.24) is 9.55 Å². The third kappa shape index (κ3) is 4.11. The van der Waals surface area contributed by atoms with Crippen LogP contribution in [0.3, 0.4) is 0 Å². The van der Waals surface area contributed by atoms with Crippen molar-refractivity contribution in [2.24, 2.45) is 0 Å². The van der Waals surface area contributed by atoms with Gasteiger partial charge in [-0.15, -0.1) is 0 Å². The van der Waals surface area contributed by atoms with Crippen LogP contribution in [0.1, 0.15) is 13.3 Å². The molecule has 1 aromatic heterocycles. The number of hydrogen-bond donors (Lipinski definition) is 2. The van der Waals surface area contributed by atoms with E-state index in [0.717, 1.165) is 4.57 Å². The number of H-pyrrole nitrogens is 1. The first-order chi connectivity index (χ1) is 8.43. The van der Waals surface area contributed by atoms with Gasteiger partial charge in [-0.25, -0.2) is 4.79 Å². The molecule has 1 unspecified atom stereocenters. The molecule has 0 aromatic carbocycles. The van der Waals surface area contributed by atoms with Crippen LogP contribution >= 0.6 is 15.9 Å². The third-order valence-electron chi connectivity index (χ3n) is 2.08. The average molecular weight is 321 g/mol. The minimum absolute atomic E-state index is 0.104. The molecule has 8 heteroatoms. The molecule has 2 N–H and O–H groups in total. The van der Waals surface area contributed by atoms with Crippen LogP contribution in [0.15, 0.2) is 20.3 Å². The van der Waals surface area contributed by atoms with Gasteiger partial charge in [-0.1, -0.05) is 0 Å². The molecule has 0 bridgehead atoms. The zero-order chi connectivity index (χ0) is 13.7. The highest BCUT2D eigenvalue weighted by Gasteiger charge is 2.13. The Bertz CT molecular complexity index is 536. The van der Waals surface area contributed by atoms with Gasteiger partial charge in [0, 0.05) is 6.20 Å². The van der Waals surface area contributed by atoms with E-state index in [2.05, 4.69) is 25.7 Å². The van der Waals surface area contributed by atoms with Crippen LogP contribution in [-0.4, -0.2) is 33.3 Å². The number of carbonyl (C=O) groups excluding carboxylic acids is 1. The summed E-state index contributed by atoms with van der Waals surface area (Å²) in [5, 5.41) is 9.62. The lowest BCUT2D eigenvalue weighted by Gasteiger charge is -2.11. The Morgan fingerprint density at radius 3 is 2.89 bits per heavy atom. The number of aromatic nitrogens is 2. The van der Waals surface area contributed by atoms with E-state index in [1.165, 1.54) is 6.20 Å². The Balaban J connectivity index is 2.73.